The van der Waals surface area contributed by atoms with Crippen LogP contribution in [-0.4, -0.2) is 46.9 Å². The fourth-order valence-electron chi connectivity index (χ4n) is 4.67. The minimum Gasteiger partial charge on any atom is -0.342 e. The van der Waals surface area contributed by atoms with Crippen LogP contribution in [0.4, 0.5) is 0 Å². The molecule has 3 heterocycles. The molecule has 130 valence electrons. The Kier molecular flexibility index (Phi) is 4.57. The lowest BCUT2D eigenvalue weighted by atomic mass is 9.79. The zero-order valence-corrected chi connectivity index (χ0v) is 14.6. The van der Waals surface area contributed by atoms with E-state index in [2.05, 4.69) is 26.9 Å². The minimum atomic E-state index is -0.0449. The third-order valence-electron chi connectivity index (χ3n) is 6.50. The maximum atomic E-state index is 13.1. The summed E-state index contributed by atoms with van der Waals surface area (Å²) in [5.41, 5.74) is 1.28. The SMILES string of the molecule is O=C1N(CC2CCC2)CC[C@@]12CCCN(Cc1ccncc1)CC2. The summed E-state index contributed by atoms with van der Waals surface area (Å²) in [5.74, 6) is 1.26. The van der Waals surface area contributed by atoms with Crippen molar-refractivity contribution in [1.82, 2.24) is 14.8 Å². The second kappa shape index (κ2) is 6.83. The van der Waals surface area contributed by atoms with Crippen molar-refractivity contribution in [3.63, 3.8) is 0 Å². The van der Waals surface area contributed by atoms with Crippen molar-refractivity contribution in [2.24, 2.45) is 11.3 Å². The standard InChI is InChI=1S/C20H29N3O/c24-19-20(9-14-23(19)16-17-3-1-4-17)7-2-12-22(13-8-20)15-18-5-10-21-11-6-18/h5-6,10-11,17H,1-4,7-9,12-16H2/t20-/m0/s1. The first-order valence-electron chi connectivity index (χ1n) is 9.66. The van der Waals surface area contributed by atoms with Crippen LogP contribution < -0.4 is 0 Å². The quantitative estimate of drug-likeness (QED) is 0.853. The van der Waals surface area contributed by atoms with E-state index in [1.807, 2.05) is 12.4 Å². The van der Waals surface area contributed by atoms with Crippen LogP contribution in [-0.2, 0) is 11.3 Å². The third-order valence-corrected chi connectivity index (χ3v) is 6.50. The molecule has 1 aliphatic carbocycles. The van der Waals surface area contributed by atoms with Gasteiger partial charge in [-0.3, -0.25) is 14.7 Å². The number of nitrogens with zero attached hydrogens (tertiary/aromatic N) is 3. The topological polar surface area (TPSA) is 36.4 Å². The molecule has 0 N–H and O–H groups in total. The first-order valence-corrected chi connectivity index (χ1v) is 9.66. The molecule has 0 aromatic carbocycles. The first-order chi connectivity index (χ1) is 11.8. The van der Waals surface area contributed by atoms with Gasteiger partial charge in [0.25, 0.3) is 0 Å². The second-order valence-electron chi connectivity index (χ2n) is 8.06. The smallest absolute Gasteiger partial charge is 0.228 e. The second-order valence-corrected chi connectivity index (χ2v) is 8.06. The lowest BCUT2D eigenvalue weighted by Crippen LogP contribution is -2.39. The highest BCUT2D eigenvalue weighted by atomic mass is 16.2. The Balaban J connectivity index is 1.36. The highest BCUT2D eigenvalue weighted by molar-refractivity contribution is 5.84. The van der Waals surface area contributed by atoms with Gasteiger partial charge >= 0.3 is 0 Å². The summed E-state index contributed by atoms with van der Waals surface area (Å²) < 4.78 is 0. The Labute approximate surface area is 145 Å². The summed E-state index contributed by atoms with van der Waals surface area (Å²) >= 11 is 0. The van der Waals surface area contributed by atoms with E-state index in [0.717, 1.165) is 64.3 Å². The third kappa shape index (κ3) is 3.21. The Hall–Kier alpha value is -1.42. The van der Waals surface area contributed by atoms with Crippen LogP contribution in [0.3, 0.4) is 0 Å². The normalized spacial score (nSPS) is 29.0. The molecule has 3 fully saturated rings. The zero-order chi connectivity index (χ0) is 16.4. The average Bonchev–Trinajstić information content (AvgIpc) is 2.73. The Morgan fingerprint density at radius 1 is 1.04 bits per heavy atom. The van der Waals surface area contributed by atoms with Gasteiger partial charge in [0.1, 0.15) is 0 Å². The van der Waals surface area contributed by atoms with Crippen molar-refractivity contribution < 1.29 is 4.79 Å². The largest absolute Gasteiger partial charge is 0.342 e. The molecule has 0 bridgehead atoms. The van der Waals surface area contributed by atoms with Crippen molar-refractivity contribution >= 4 is 5.91 Å². The predicted octanol–water partition coefficient (Wildman–Crippen LogP) is 3.09. The number of rotatable bonds is 4. The van der Waals surface area contributed by atoms with Gasteiger partial charge in [0.2, 0.25) is 5.91 Å². The maximum absolute atomic E-state index is 13.1. The van der Waals surface area contributed by atoms with Crippen molar-refractivity contribution in [2.45, 2.75) is 51.5 Å². The molecule has 3 aliphatic rings. The van der Waals surface area contributed by atoms with E-state index in [9.17, 15) is 4.79 Å². The summed E-state index contributed by atoms with van der Waals surface area (Å²) in [6, 6.07) is 4.20. The van der Waals surface area contributed by atoms with Crippen LogP contribution in [0.15, 0.2) is 24.5 Å². The fraction of sp³-hybridized carbons (Fsp3) is 0.700. The van der Waals surface area contributed by atoms with Crippen molar-refractivity contribution in [3.8, 4) is 0 Å². The molecule has 24 heavy (non-hydrogen) atoms. The minimum absolute atomic E-state index is 0.0449. The van der Waals surface area contributed by atoms with Crippen molar-refractivity contribution in [1.29, 1.82) is 0 Å². The van der Waals surface area contributed by atoms with Gasteiger partial charge in [-0.2, -0.15) is 0 Å². The molecule has 1 aromatic heterocycles. The summed E-state index contributed by atoms with van der Waals surface area (Å²) in [5, 5.41) is 0. The monoisotopic (exact) mass is 327 g/mol. The molecule has 1 saturated carbocycles. The summed E-state index contributed by atoms with van der Waals surface area (Å²) in [6.45, 7) is 5.17. The van der Waals surface area contributed by atoms with Crippen LogP contribution in [0.5, 0.6) is 0 Å². The Morgan fingerprint density at radius 2 is 1.83 bits per heavy atom. The van der Waals surface area contributed by atoms with Crippen LogP contribution in [0.1, 0.15) is 50.5 Å². The molecule has 0 radical (unpaired) electrons. The number of amides is 1. The number of hydrogen-bond donors (Lipinski definition) is 0. The van der Waals surface area contributed by atoms with Crippen LogP contribution >= 0.6 is 0 Å². The Morgan fingerprint density at radius 3 is 2.58 bits per heavy atom. The molecule has 2 aliphatic heterocycles. The molecule has 4 heteroatoms. The average molecular weight is 327 g/mol. The number of carbonyl (C=O) groups excluding carboxylic acids is 1. The lowest BCUT2D eigenvalue weighted by molar-refractivity contribution is -0.137. The van der Waals surface area contributed by atoms with E-state index < -0.39 is 0 Å². The molecule has 1 spiro atoms. The number of pyridine rings is 1. The zero-order valence-electron chi connectivity index (χ0n) is 14.6. The van der Waals surface area contributed by atoms with Crippen molar-refractivity contribution in [2.75, 3.05) is 26.2 Å². The molecular weight excluding hydrogens is 298 g/mol. The van der Waals surface area contributed by atoms with Crippen molar-refractivity contribution in [3.05, 3.63) is 30.1 Å². The first kappa shape index (κ1) is 16.1. The summed E-state index contributed by atoms with van der Waals surface area (Å²) in [4.78, 5) is 21.9. The number of aromatic nitrogens is 1. The van der Waals surface area contributed by atoms with E-state index in [-0.39, 0.29) is 5.41 Å². The molecular formula is C20H29N3O. The number of carbonyl (C=O) groups is 1. The molecule has 4 rings (SSSR count). The molecule has 2 saturated heterocycles. The van der Waals surface area contributed by atoms with E-state index in [4.69, 9.17) is 0 Å². The van der Waals surface area contributed by atoms with E-state index in [0.29, 0.717) is 5.91 Å². The van der Waals surface area contributed by atoms with E-state index in [1.165, 1.54) is 24.8 Å². The van der Waals surface area contributed by atoms with E-state index >= 15 is 0 Å². The summed E-state index contributed by atoms with van der Waals surface area (Å²) in [6.07, 6.45) is 12.1. The van der Waals surface area contributed by atoms with Crippen LogP contribution in [0.25, 0.3) is 0 Å². The van der Waals surface area contributed by atoms with Gasteiger partial charge in [-0.15, -0.1) is 0 Å². The van der Waals surface area contributed by atoms with Gasteiger partial charge in [-0.25, -0.2) is 0 Å². The van der Waals surface area contributed by atoms with Crippen LogP contribution in [0, 0.1) is 11.3 Å². The van der Waals surface area contributed by atoms with Gasteiger partial charge in [-0.1, -0.05) is 6.42 Å². The molecule has 1 amide bonds. The van der Waals surface area contributed by atoms with Gasteiger partial charge in [0.15, 0.2) is 0 Å². The molecule has 4 nitrogen and oxygen atoms in total. The van der Waals surface area contributed by atoms with Crippen LogP contribution in [0.2, 0.25) is 0 Å². The summed E-state index contributed by atoms with van der Waals surface area (Å²) in [7, 11) is 0. The number of likely N-dealkylation sites (tertiary alicyclic amines) is 2. The van der Waals surface area contributed by atoms with Gasteiger partial charge in [0.05, 0.1) is 5.41 Å². The molecule has 0 unspecified atom stereocenters. The number of hydrogen-bond acceptors (Lipinski definition) is 3. The van der Waals surface area contributed by atoms with Gasteiger partial charge < -0.3 is 4.90 Å². The van der Waals surface area contributed by atoms with Gasteiger partial charge in [0, 0.05) is 32.0 Å². The highest BCUT2D eigenvalue weighted by Crippen LogP contribution is 2.42. The highest BCUT2D eigenvalue weighted by Gasteiger charge is 2.47. The predicted molar refractivity (Wildman–Crippen MR) is 94.3 cm³/mol. The van der Waals surface area contributed by atoms with Gasteiger partial charge in [-0.05, 0) is 75.2 Å². The van der Waals surface area contributed by atoms with E-state index in [1.54, 1.807) is 0 Å². The fourth-order valence-corrected chi connectivity index (χ4v) is 4.67. The molecule has 1 atom stereocenters. The lowest BCUT2D eigenvalue weighted by Gasteiger charge is -2.32. The maximum Gasteiger partial charge on any atom is 0.228 e. The Bertz CT molecular complexity index is 572. The molecule has 1 aromatic rings.